The molecule has 0 amide bonds. The predicted octanol–water partition coefficient (Wildman–Crippen LogP) is 3.91. The Morgan fingerprint density at radius 1 is 1.21 bits per heavy atom. The second-order valence-corrected chi connectivity index (χ2v) is 5.18. The summed E-state index contributed by atoms with van der Waals surface area (Å²) in [7, 11) is 1.96. The number of imidazole rings is 1. The predicted molar refractivity (Wildman–Crippen MR) is 79.2 cm³/mol. The minimum Gasteiger partial charge on any atom is -0.486 e. The van der Waals surface area contributed by atoms with Crippen LogP contribution in [0.2, 0.25) is 0 Å². The number of ether oxygens (including phenoxy) is 1. The zero-order chi connectivity index (χ0) is 13.2. The topological polar surface area (TPSA) is 27.1 Å². The van der Waals surface area contributed by atoms with E-state index in [1.807, 2.05) is 36.0 Å². The van der Waals surface area contributed by atoms with Crippen LogP contribution in [0.3, 0.4) is 0 Å². The molecule has 3 rings (SSSR count). The van der Waals surface area contributed by atoms with Gasteiger partial charge < -0.3 is 9.30 Å². The third-order valence-electron chi connectivity index (χ3n) is 3.12. The lowest BCUT2D eigenvalue weighted by Crippen LogP contribution is -2.01. The lowest BCUT2D eigenvalue weighted by Gasteiger charge is -2.10. The van der Waals surface area contributed by atoms with Crippen LogP contribution in [0, 0.1) is 0 Å². The van der Waals surface area contributed by atoms with E-state index in [1.54, 1.807) is 6.33 Å². The maximum atomic E-state index is 5.86. The summed E-state index contributed by atoms with van der Waals surface area (Å²) < 4.78 is 8.81. The largest absolute Gasteiger partial charge is 0.486 e. The molecule has 96 valence electrons. The Kier molecular flexibility index (Phi) is 3.25. The van der Waals surface area contributed by atoms with Crippen molar-refractivity contribution in [2.45, 2.75) is 6.61 Å². The fraction of sp³-hybridized carbons (Fsp3) is 0.133. The number of hydrogen-bond donors (Lipinski definition) is 0. The number of rotatable bonds is 3. The van der Waals surface area contributed by atoms with Crippen LogP contribution in [0.15, 0.2) is 53.4 Å². The summed E-state index contributed by atoms with van der Waals surface area (Å²) in [5.74, 6) is 0.847. The molecule has 2 aromatic carbocycles. The van der Waals surface area contributed by atoms with Crippen molar-refractivity contribution in [1.82, 2.24) is 9.55 Å². The molecule has 0 aliphatic rings. The first-order chi connectivity index (χ1) is 9.25. The highest BCUT2D eigenvalue weighted by molar-refractivity contribution is 9.10. The number of nitrogens with zero attached hydrogens (tertiary/aromatic N) is 2. The Labute approximate surface area is 120 Å². The Morgan fingerprint density at radius 3 is 2.84 bits per heavy atom. The first-order valence-electron chi connectivity index (χ1n) is 6.01. The van der Waals surface area contributed by atoms with Crippen molar-refractivity contribution in [3.8, 4) is 5.75 Å². The van der Waals surface area contributed by atoms with Gasteiger partial charge in [0.15, 0.2) is 0 Å². The quantitative estimate of drug-likeness (QED) is 0.732. The normalized spacial score (nSPS) is 10.8. The molecular weight excluding hydrogens is 304 g/mol. The molecule has 0 bridgehead atoms. The molecule has 0 aliphatic heterocycles. The Hall–Kier alpha value is -1.81. The molecule has 0 spiro atoms. The van der Waals surface area contributed by atoms with Crippen molar-refractivity contribution in [3.05, 3.63) is 59.1 Å². The van der Waals surface area contributed by atoms with Crippen molar-refractivity contribution < 1.29 is 4.74 Å². The van der Waals surface area contributed by atoms with Crippen LogP contribution < -0.4 is 4.74 Å². The van der Waals surface area contributed by atoms with E-state index in [0.717, 1.165) is 21.3 Å². The minimum atomic E-state index is 0.507. The first kappa shape index (κ1) is 12.2. The summed E-state index contributed by atoms with van der Waals surface area (Å²) in [5, 5.41) is 2.35. The summed E-state index contributed by atoms with van der Waals surface area (Å²) in [6, 6.07) is 12.3. The van der Waals surface area contributed by atoms with Crippen LogP contribution in [0.25, 0.3) is 10.8 Å². The molecule has 0 unspecified atom stereocenters. The van der Waals surface area contributed by atoms with E-state index in [1.165, 1.54) is 5.39 Å². The summed E-state index contributed by atoms with van der Waals surface area (Å²) in [6.07, 6.45) is 3.59. The van der Waals surface area contributed by atoms with Crippen LogP contribution in [0.4, 0.5) is 0 Å². The summed E-state index contributed by atoms with van der Waals surface area (Å²) in [4.78, 5) is 4.08. The lowest BCUT2D eigenvalue weighted by atomic mass is 10.1. The van der Waals surface area contributed by atoms with E-state index in [9.17, 15) is 0 Å². The smallest absolute Gasteiger partial charge is 0.134 e. The van der Waals surface area contributed by atoms with E-state index in [2.05, 4.69) is 39.1 Å². The van der Waals surface area contributed by atoms with Gasteiger partial charge in [0, 0.05) is 7.05 Å². The zero-order valence-corrected chi connectivity index (χ0v) is 12.1. The molecule has 4 heteroatoms. The van der Waals surface area contributed by atoms with Crippen LogP contribution in [0.5, 0.6) is 5.75 Å². The molecule has 0 saturated carbocycles. The van der Waals surface area contributed by atoms with Crippen molar-refractivity contribution >= 4 is 26.7 Å². The van der Waals surface area contributed by atoms with Gasteiger partial charge in [0.25, 0.3) is 0 Å². The van der Waals surface area contributed by atoms with Gasteiger partial charge >= 0.3 is 0 Å². The Balaban J connectivity index is 1.89. The molecule has 0 N–H and O–H groups in total. The van der Waals surface area contributed by atoms with Gasteiger partial charge in [-0.3, -0.25) is 0 Å². The van der Waals surface area contributed by atoms with Crippen molar-refractivity contribution in [1.29, 1.82) is 0 Å². The van der Waals surface area contributed by atoms with E-state index >= 15 is 0 Å². The SMILES string of the molecule is Cn1cncc1COc1ccc2ccccc2c1Br. The van der Waals surface area contributed by atoms with E-state index in [0.29, 0.717) is 6.61 Å². The van der Waals surface area contributed by atoms with Crippen LogP contribution in [-0.4, -0.2) is 9.55 Å². The monoisotopic (exact) mass is 316 g/mol. The highest BCUT2D eigenvalue weighted by Crippen LogP contribution is 2.33. The average Bonchev–Trinajstić information content (AvgIpc) is 2.84. The van der Waals surface area contributed by atoms with Crippen molar-refractivity contribution in [3.63, 3.8) is 0 Å². The van der Waals surface area contributed by atoms with Gasteiger partial charge in [0.05, 0.1) is 22.7 Å². The highest BCUT2D eigenvalue weighted by atomic mass is 79.9. The number of fused-ring (bicyclic) bond motifs is 1. The third kappa shape index (κ3) is 2.36. The zero-order valence-electron chi connectivity index (χ0n) is 10.5. The maximum Gasteiger partial charge on any atom is 0.134 e. The number of aromatic nitrogens is 2. The van der Waals surface area contributed by atoms with E-state index in [-0.39, 0.29) is 0 Å². The first-order valence-corrected chi connectivity index (χ1v) is 6.80. The summed E-state index contributed by atoms with van der Waals surface area (Å²) in [5.41, 5.74) is 1.04. The molecule has 0 saturated heterocycles. The van der Waals surface area contributed by atoms with Gasteiger partial charge in [-0.15, -0.1) is 0 Å². The summed E-state index contributed by atoms with van der Waals surface area (Å²) in [6.45, 7) is 0.507. The van der Waals surface area contributed by atoms with E-state index < -0.39 is 0 Å². The van der Waals surface area contributed by atoms with Gasteiger partial charge in [-0.1, -0.05) is 30.3 Å². The van der Waals surface area contributed by atoms with Crippen LogP contribution in [-0.2, 0) is 13.7 Å². The number of halogens is 1. The maximum absolute atomic E-state index is 5.86. The third-order valence-corrected chi connectivity index (χ3v) is 3.94. The lowest BCUT2D eigenvalue weighted by molar-refractivity contribution is 0.295. The molecule has 0 atom stereocenters. The molecular formula is C15H13BrN2O. The minimum absolute atomic E-state index is 0.507. The number of hydrogen-bond acceptors (Lipinski definition) is 2. The van der Waals surface area contributed by atoms with Gasteiger partial charge in [0.2, 0.25) is 0 Å². The summed E-state index contributed by atoms with van der Waals surface area (Å²) >= 11 is 3.62. The second kappa shape index (κ2) is 5.05. The van der Waals surface area contributed by atoms with Gasteiger partial charge in [0.1, 0.15) is 12.4 Å². The molecule has 0 radical (unpaired) electrons. The Bertz CT molecular complexity index is 721. The second-order valence-electron chi connectivity index (χ2n) is 4.38. The van der Waals surface area contributed by atoms with Crippen LogP contribution in [0.1, 0.15) is 5.69 Å². The van der Waals surface area contributed by atoms with Gasteiger partial charge in [-0.05, 0) is 32.8 Å². The molecule has 3 nitrogen and oxygen atoms in total. The average molecular weight is 317 g/mol. The Morgan fingerprint density at radius 2 is 2.05 bits per heavy atom. The van der Waals surface area contributed by atoms with Crippen molar-refractivity contribution in [2.24, 2.45) is 7.05 Å². The molecule has 3 aromatic rings. The van der Waals surface area contributed by atoms with Gasteiger partial charge in [-0.2, -0.15) is 0 Å². The fourth-order valence-electron chi connectivity index (χ4n) is 2.00. The molecule has 19 heavy (non-hydrogen) atoms. The van der Waals surface area contributed by atoms with Gasteiger partial charge in [-0.25, -0.2) is 4.98 Å². The number of aryl methyl sites for hydroxylation is 1. The molecule has 0 fully saturated rings. The standard InChI is InChI=1S/C15H13BrN2O/c1-18-10-17-8-12(18)9-19-14-7-6-11-4-2-3-5-13(11)15(14)16/h2-8,10H,9H2,1H3. The molecule has 0 aliphatic carbocycles. The number of benzene rings is 2. The fourth-order valence-corrected chi connectivity index (χ4v) is 2.61. The molecule has 1 heterocycles. The van der Waals surface area contributed by atoms with Crippen molar-refractivity contribution in [2.75, 3.05) is 0 Å². The van der Waals surface area contributed by atoms with E-state index in [4.69, 9.17) is 4.74 Å². The molecule has 1 aromatic heterocycles. The van der Waals surface area contributed by atoms with Crippen LogP contribution >= 0.6 is 15.9 Å². The highest BCUT2D eigenvalue weighted by Gasteiger charge is 2.07.